The summed E-state index contributed by atoms with van der Waals surface area (Å²) in [5, 5.41) is 0. The molecule has 1 aromatic heterocycles. The topological polar surface area (TPSA) is 38.9 Å². The summed E-state index contributed by atoms with van der Waals surface area (Å²) in [6.45, 7) is 4.16. The number of hydrogen-bond donors (Lipinski definition) is 1. The zero-order chi connectivity index (χ0) is 11.5. The standard InChI is InChI=1S/C14H16N2/c1-10-3-5-12(6-4-10)9-13-11(2)7-8-16-14(13)15/h3-8H,9H2,1-2H3,(H2,15,16). The van der Waals surface area contributed by atoms with Crippen LogP contribution in [0.25, 0.3) is 0 Å². The second-order valence-electron chi connectivity index (χ2n) is 4.15. The van der Waals surface area contributed by atoms with Crippen molar-refractivity contribution >= 4 is 5.82 Å². The lowest BCUT2D eigenvalue weighted by Crippen LogP contribution is -2.01. The first-order valence-corrected chi connectivity index (χ1v) is 5.42. The van der Waals surface area contributed by atoms with Crippen LogP contribution in [0.1, 0.15) is 22.3 Å². The highest BCUT2D eigenvalue weighted by Crippen LogP contribution is 2.18. The van der Waals surface area contributed by atoms with Gasteiger partial charge in [-0.25, -0.2) is 4.98 Å². The van der Waals surface area contributed by atoms with Crippen LogP contribution < -0.4 is 5.73 Å². The van der Waals surface area contributed by atoms with Crippen molar-refractivity contribution in [1.82, 2.24) is 4.98 Å². The molecule has 1 aromatic carbocycles. The third kappa shape index (κ3) is 2.22. The Morgan fingerprint density at radius 2 is 1.75 bits per heavy atom. The van der Waals surface area contributed by atoms with Gasteiger partial charge in [-0.2, -0.15) is 0 Å². The smallest absolute Gasteiger partial charge is 0.127 e. The maximum Gasteiger partial charge on any atom is 0.127 e. The van der Waals surface area contributed by atoms with E-state index in [1.54, 1.807) is 6.20 Å². The van der Waals surface area contributed by atoms with Crippen LogP contribution in [-0.2, 0) is 6.42 Å². The molecule has 0 aliphatic heterocycles. The summed E-state index contributed by atoms with van der Waals surface area (Å²) in [4.78, 5) is 4.13. The van der Waals surface area contributed by atoms with E-state index < -0.39 is 0 Å². The van der Waals surface area contributed by atoms with E-state index in [1.807, 2.05) is 6.07 Å². The molecule has 0 unspecified atom stereocenters. The SMILES string of the molecule is Cc1ccc(Cc2c(C)ccnc2N)cc1. The minimum absolute atomic E-state index is 0.639. The second-order valence-corrected chi connectivity index (χ2v) is 4.15. The van der Waals surface area contributed by atoms with Crippen LogP contribution in [0.3, 0.4) is 0 Å². The quantitative estimate of drug-likeness (QED) is 0.831. The number of pyridine rings is 1. The highest BCUT2D eigenvalue weighted by molar-refractivity contribution is 5.46. The van der Waals surface area contributed by atoms with E-state index in [0.717, 1.165) is 12.0 Å². The Kier molecular flexibility index (Phi) is 2.91. The molecule has 0 radical (unpaired) electrons. The summed E-state index contributed by atoms with van der Waals surface area (Å²) in [5.74, 6) is 0.639. The van der Waals surface area contributed by atoms with E-state index in [1.165, 1.54) is 16.7 Å². The largest absolute Gasteiger partial charge is 0.383 e. The Morgan fingerprint density at radius 1 is 1.06 bits per heavy atom. The van der Waals surface area contributed by atoms with Gasteiger partial charge in [0.1, 0.15) is 5.82 Å². The number of hydrogen-bond acceptors (Lipinski definition) is 2. The Labute approximate surface area is 96.1 Å². The third-order valence-corrected chi connectivity index (χ3v) is 2.82. The van der Waals surface area contributed by atoms with E-state index in [4.69, 9.17) is 5.73 Å². The number of rotatable bonds is 2. The van der Waals surface area contributed by atoms with Gasteiger partial charge in [0.05, 0.1) is 0 Å². The first-order chi connectivity index (χ1) is 7.66. The maximum atomic E-state index is 5.89. The molecule has 2 aromatic rings. The van der Waals surface area contributed by atoms with Gasteiger partial charge in [0.25, 0.3) is 0 Å². The predicted octanol–water partition coefficient (Wildman–Crippen LogP) is 2.87. The van der Waals surface area contributed by atoms with Crippen LogP contribution in [0, 0.1) is 13.8 Å². The molecular weight excluding hydrogens is 196 g/mol. The van der Waals surface area contributed by atoms with Crippen molar-refractivity contribution in [2.24, 2.45) is 0 Å². The number of aromatic nitrogens is 1. The number of nitrogens with two attached hydrogens (primary N) is 1. The van der Waals surface area contributed by atoms with Gasteiger partial charge in [0.15, 0.2) is 0 Å². The van der Waals surface area contributed by atoms with Crippen LogP contribution in [0.15, 0.2) is 36.5 Å². The third-order valence-electron chi connectivity index (χ3n) is 2.82. The number of aryl methyl sites for hydroxylation is 2. The molecule has 2 nitrogen and oxygen atoms in total. The van der Waals surface area contributed by atoms with Gasteiger partial charge in [-0.1, -0.05) is 29.8 Å². The molecule has 0 bridgehead atoms. The molecule has 2 rings (SSSR count). The first-order valence-electron chi connectivity index (χ1n) is 5.42. The fourth-order valence-electron chi connectivity index (χ4n) is 1.75. The average Bonchev–Trinajstić information content (AvgIpc) is 2.26. The van der Waals surface area contributed by atoms with E-state index in [2.05, 4.69) is 43.1 Å². The van der Waals surface area contributed by atoms with Crippen molar-refractivity contribution < 1.29 is 0 Å². The summed E-state index contributed by atoms with van der Waals surface area (Å²) in [6.07, 6.45) is 2.61. The summed E-state index contributed by atoms with van der Waals surface area (Å²) in [6, 6.07) is 10.5. The highest BCUT2D eigenvalue weighted by atomic mass is 14.8. The molecule has 0 atom stereocenters. The van der Waals surface area contributed by atoms with E-state index in [9.17, 15) is 0 Å². The van der Waals surface area contributed by atoms with Crippen LogP contribution in [0.5, 0.6) is 0 Å². The Bertz CT molecular complexity index is 466. The van der Waals surface area contributed by atoms with Crippen molar-refractivity contribution in [2.75, 3.05) is 5.73 Å². The predicted molar refractivity (Wildman–Crippen MR) is 67.4 cm³/mol. The van der Waals surface area contributed by atoms with Gasteiger partial charge in [-0.05, 0) is 31.0 Å². The maximum absolute atomic E-state index is 5.89. The lowest BCUT2D eigenvalue weighted by Gasteiger charge is -2.08. The molecule has 82 valence electrons. The molecule has 2 N–H and O–H groups in total. The van der Waals surface area contributed by atoms with Gasteiger partial charge >= 0.3 is 0 Å². The lowest BCUT2D eigenvalue weighted by molar-refractivity contribution is 1.12. The molecule has 16 heavy (non-hydrogen) atoms. The van der Waals surface area contributed by atoms with E-state index >= 15 is 0 Å². The molecule has 0 aliphatic rings. The Morgan fingerprint density at radius 3 is 2.38 bits per heavy atom. The minimum Gasteiger partial charge on any atom is -0.383 e. The molecule has 0 aliphatic carbocycles. The summed E-state index contributed by atoms with van der Waals surface area (Å²) < 4.78 is 0. The monoisotopic (exact) mass is 212 g/mol. The average molecular weight is 212 g/mol. The molecule has 0 saturated carbocycles. The van der Waals surface area contributed by atoms with Gasteiger partial charge in [-0.3, -0.25) is 0 Å². The Balaban J connectivity index is 2.30. The fraction of sp³-hybridized carbons (Fsp3) is 0.214. The van der Waals surface area contributed by atoms with Crippen molar-refractivity contribution in [1.29, 1.82) is 0 Å². The van der Waals surface area contributed by atoms with Crippen LogP contribution in [0.2, 0.25) is 0 Å². The van der Waals surface area contributed by atoms with Crippen molar-refractivity contribution in [2.45, 2.75) is 20.3 Å². The van der Waals surface area contributed by atoms with Crippen molar-refractivity contribution in [3.05, 3.63) is 58.8 Å². The van der Waals surface area contributed by atoms with Crippen molar-refractivity contribution in [3.8, 4) is 0 Å². The van der Waals surface area contributed by atoms with Crippen LogP contribution >= 0.6 is 0 Å². The highest BCUT2D eigenvalue weighted by Gasteiger charge is 2.04. The van der Waals surface area contributed by atoms with E-state index in [0.29, 0.717) is 5.82 Å². The zero-order valence-electron chi connectivity index (χ0n) is 9.70. The summed E-state index contributed by atoms with van der Waals surface area (Å²) in [5.41, 5.74) is 10.8. The number of nitrogens with zero attached hydrogens (tertiary/aromatic N) is 1. The number of anilines is 1. The number of benzene rings is 1. The fourth-order valence-corrected chi connectivity index (χ4v) is 1.75. The zero-order valence-corrected chi connectivity index (χ0v) is 9.70. The lowest BCUT2D eigenvalue weighted by atomic mass is 10.0. The van der Waals surface area contributed by atoms with Crippen LogP contribution in [-0.4, -0.2) is 4.98 Å². The van der Waals surface area contributed by atoms with Crippen molar-refractivity contribution in [3.63, 3.8) is 0 Å². The molecule has 2 heteroatoms. The Hall–Kier alpha value is -1.83. The van der Waals surface area contributed by atoms with Gasteiger partial charge < -0.3 is 5.73 Å². The molecule has 0 saturated heterocycles. The summed E-state index contributed by atoms with van der Waals surface area (Å²) in [7, 11) is 0. The van der Waals surface area contributed by atoms with E-state index in [-0.39, 0.29) is 0 Å². The second kappa shape index (κ2) is 4.35. The van der Waals surface area contributed by atoms with Crippen LogP contribution in [0.4, 0.5) is 5.82 Å². The minimum atomic E-state index is 0.639. The van der Waals surface area contributed by atoms with Gasteiger partial charge in [0, 0.05) is 18.2 Å². The summed E-state index contributed by atoms with van der Waals surface area (Å²) >= 11 is 0. The molecule has 0 fully saturated rings. The van der Waals surface area contributed by atoms with Gasteiger partial charge in [-0.15, -0.1) is 0 Å². The number of nitrogen functional groups attached to an aromatic ring is 1. The first kappa shape index (κ1) is 10.7. The molecule has 0 spiro atoms. The molecule has 1 heterocycles. The molecular formula is C14H16N2. The van der Waals surface area contributed by atoms with Gasteiger partial charge in [0.2, 0.25) is 0 Å². The molecule has 0 amide bonds. The normalized spacial score (nSPS) is 10.4.